The molecule has 0 saturated heterocycles. The second kappa shape index (κ2) is 3.70. The lowest BCUT2D eigenvalue weighted by molar-refractivity contribution is -0.144. The van der Waals surface area contributed by atoms with E-state index >= 15 is 0 Å². The molecule has 0 fully saturated rings. The van der Waals surface area contributed by atoms with Crippen molar-refractivity contribution in [3.63, 3.8) is 0 Å². The van der Waals surface area contributed by atoms with Crippen LogP contribution < -0.4 is 16.1 Å². The fraction of sp³-hybridized carbons (Fsp3) is 0.286. The molecule has 6 nitrogen and oxygen atoms in total. The van der Waals surface area contributed by atoms with Crippen LogP contribution >= 0.6 is 0 Å². The van der Waals surface area contributed by atoms with E-state index in [9.17, 15) is 14.4 Å². The minimum Gasteiger partial charge on any atom is -0.332 e. The Labute approximate surface area is 72.7 Å². The molecule has 1 aromatic heterocycles. The molecule has 70 valence electrons. The zero-order valence-electron chi connectivity index (χ0n) is 6.94. The van der Waals surface area contributed by atoms with Gasteiger partial charge in [0.25, 0.3) is 5.56 Å². The van der Waals surface area contributed by atoms with Crippen molar-refractivity contribution in [3.8, 4) is 0 Å². The Kier molecular flexibility index (Phi) is 2.63. The van der Waals surface area contributed by atoms with E-state index < -0.39 is 17.2 Å². The van der Waals surface area contributed by atoms with Gasteiger partial charge in [0.1, 0.15) is 0 Å². The van der Waals surface area contributed by atoms with E-state index in [1.54, 1.807) is 6.92 Å². The van der Waals surface area contributed by atoms with Crippen molar-refractivity contribution < 1.29 is 9.63 Å². The lowest BCUT2D eigenvalue weighted by Crippen LogP contribution is -2.35. The number of carbonyl (C=O) groups excluding carboxylic acids is 1. The molecule has 0 aliphatic heterocycles. The number of aromatic nitrogens is 2. The van der Waals surface area contributed by atoms with Gasteiger partial charge in [0.15, 0.2) is 0 Å². The first kappa shape index (κ1) is 9.24. The predicted octanol–water partition coefficient (Wildman–Crippen LogP) is -1.10. The number of hydrogen-bond acceptors (Lipinski definition) is 4. The van der Waals surface area contributed by atoms with Crippen LogP contribution in [0.25, 0.3) is 0 Å². The molecule has 0 spiro atoms. The molecule has 1 rings (SSSR count). The zero-order valence-corrected chi connectivity index (χ0v) is 6.94. The highest BCUT2D eigenvalue weighted by molar-refractivity contribution is 5.69. The van der Waals surface area contributed by atoms with E-state index in [0.717, 1.165) is 12.3 Å². The Morgan fingerprint density at radius 1 is 1.62 bits per heavy atom. The number of rotatable bonds is 2. The van der Waals surface area contributed by atoms with E-state index in [2.05, 4.69) is 4.84 Å². The van der Waals surface area contributed by atoms with Crippen LogP contribution in [0, 0.1) is 0 Å². The highest BCUT2D eigenvalue weighted by Gasteiger charge is 2.02. The molecule has 1 aromatic rings. The third-order valence-electron chi connectivity index (χ3n) is 1.28. The van der Waals surface area contributed by atoms with Gasteiger partial charge in [0.2, 0.25) is 0 Å². The van der Waals surface area contributed by atoms with Crippen molar-refractivity contribution in [1.82, 2.24) is 9.71 Å². The molecular weight excluding hydrogens is 176 g/mol. The minimum atomic E-state index is -0.769. The zero-order chi connectivity index (χ0) is 9.84. The molecule has 0 atom stereocenters. The van der Waals surface area contributed by atoms with Crippen molar-refractivity contribution in [2.75, 3.05) is 0 Å². The molecule has 0 unspecified atom stereocenters. The number of nitrogens with zero attached hydrogens (tertiary/aromatic N) is 1. The average Bonchev–Trinajstić information content (AvgIpc) is 2.09. The maximum absolute atomic E-state index is 10.9. The van der Waals surface area contributed by atoms with Gasteiger partial charge in [0.05, 0.1) is 6.20 Å². The Morgan fingerprint density at radius 2 is 2.31 bits per heavy atom. The monoisotopic (exact) mass is 184 g/mol. The molecular formula is C7H8N2O4. The smallest absolute Gasteiger partial charge is 0.332 e. The standard InChI is InChI=1S/C7H8N2O4/c1-2-6(11)13-9-4-3-5(10)8-7(9)12/h3-4H,2H2,1H3,(H,8,10,12). The van der Waals surface area contributed by atoms with Gasteiger partial charge in [-0.05, 0) is 0 Å². The van der Waals surface area contributed by atoms with Crippen LogP contribution in [-0.2, 0) is 4.79 Å². The van der Waals surface area contributed by atoms with Gasteiger partial charge in [-0.15, -0.1) is 4.73 Å². The molecule has 6 heteroatoms. The molecule has 0 aromatic carbocycles. The summed E-state index contributed by atoms with van der Waals surface area (Å²) >= 11 is 0. The lowest BCUT2D eigenvalue weighted by atomic mass is 10.5. The largest absolute Gasteiger partial charge is 0.361 e. The Bertz CT molecular complexity index is 417. The van der Waals surface area contributed by atoms with Crippen LogP contribution in [0.1, 0.15) is 13.3 Å². The molecule has 0 aliphatic carbocycles. The van der Waals surface area contributed by atoms with Gasteiger partial charge in [-0.1, -0.05) is 6.92 Å². The Morgan fingerprint density at radius 3 is 2.85 bits per heavy atom. The molecule has 0 aliphatic rings. The van der Waals surface area contributed by atoms with Gasteiger partial charge in [-0.25, -0.2) is 9.59 Å². The molecule has 1 N–H and O–H groups in total. The molecule has 0 saturated carbocycles. The van der Waals surface area contributed by atoms with Gasteiger partial charge < -0.3 is 4.84 Å². The first-order valence-corrected chi connectivity index (χ1v) is 3.66. The minimum absolute atomic E-state index is 0.158. The topological polar surface area (TPSA) is 81.2 Å². The maximum Gasteiger partial charge on any atom is 0.361 e. The number of nitrogens with one attached hydrogen (secondary N) is 1. The number of carbonyl (C=O) groups is 1. The van der Waals surface area contributed by atoms with Crippen LogP contribution in [0.3, 0.4) is 0 Å². The number of aromatic amines is 1. The summed E-state index contributed by atoms with van der Waals surface area (Å²) in [7, 11) is 0. The van der Waals surface area contributed by atoms with Crippen molar-refractivity contribution in [3.05, 3.63) is 33.1 Å². The van der Waals surface area contributed by atoms with Gasteiger partial charge in [-0.3, -0.25) is 9.78 Å². The maximum atomic E-state index is 10.9. The van der Waals surface area contributed by atoms with E-state index in [-0.39, 0.29) is 6.42 Å². The van der Waals surface area contributed by atoms with E-state index in [4.69, 9.17) is 0 Å². The van der Waals surface area contributed by atoms with Gasteiger partial charge in [0, 0.05) is 12.5 Å². The third kappa shape index (κ3) is 2.29. The second-order valence-corrected chi connectivity index (χ2v) is 2.25. The van der Waals surface area contributed by atoms with Crippen LogP contribution in [0.2, 0.25) is 0 Å². The van der Waals surface area contributed by atoms with Crippen molar-refractivity contribution in [1.29, 1.82) is 0 Å². The molecule has 0 radical (unpaired) electrons. The van der Waals surface area contributed by atoms with E-state index in [0.29, 0.717) is 4.73 Å². The Hall–Kier alpha value is -1.85. The summed E-state index contributed by atoms with van der Waals surface area (Å²) in [5, 5.41) is 0. The summed E-state index contributed by atoms with van der Waals surface area (Å²) < 4.78 is 0.674. The number of H-pyrrole nitrogens is 1. The van der Waals surface area contributed by atoms with Gasteiger partial charge in [-0.2, -0.15) is 0 Å². The fourth-order valence-corrected chi connectivity index (χ4v) is 0.651. The summed E-state index contributed by atoms with van der Waals surface area (Å²) in [5.74, 6) is -0.547. The third-order valence-corrected chi connectivity index (χ3v) is 1.28. The molecule has 0 amide bonds. The normalized spacial score (nSPS) is 9.62. The van der Waals surface area contributed by atoms with Crippen LogP contribution in [0.5, 0.6) is 0 Å². The highest BCUT2D eigenvalue weighted by atomic mass is 16.7. The predicted molar refractivity (Wildman–Crippen MR) is 43.2 cm³/mol. The summed E-state index contributed by atoms with van der Waals surface area (Å²) in [6.45, 7) is 1.60. The molecule has 1 heterocycles. The second-order valence-electron chi connectivity index (χ2n) is 2.25. The molecule has 0 bridgehead atoms. The fourth-order valence-electron chi connectivity index (χ4n) is 0.651. The van der Waals surface area contributed by atoms with Gasteiger partial charge >= 0.3 is 11.7 Å². The molecule has 13 heavy (non-hydrogen) atoms. The summed E-state index contributed by atoms with van der Waals surface area (Å²) in [6.07, 6.45) is 1.25. The Balaban J connectivity index is 2.97. The van der Waals surface area contributed by atoms with Crippen molar-refractivity contribution in [2.45, 2.75) is 13.3 Å². The van der Waals surface area contributed by atoms with Crippen LogP contribution in [0.15, 0.2) is 21.9 Å². The first-order chi connectivity index (χ1) is 6.13. The quantitative estimate of drug-likeness (QED) is 0.632. The average molecular weight is 184 g/mol. The highest BCUT2D eigenvalue weighted by Crippen LogP contribution is 1.78. The van der Waals surface area contributed by atoms with Crippen LogP contribution in [-0.4, -0.2) is 15.7 Å². The van der Waals surface area contributed by atoms with Crippen molar-refractivity contribution >= 4 is 5.97 Å². The lowest BCUT2D eigenvalue weighted by Gasteiger charge is -2.02. The van der Waals surface area contributed by atoms with E-state index in [1.807, 2.05) is 4.98 Å². The first-order valence-electron chi connectivity index (χ1n) is 3.66. The SMILES string of the molecule is CCC(=O)On1ccc(=O)[nH]c1=O. The van der Waals surface area contributed by atoms with E-state index in [1.165, 1.54) is 0 Å². The number of hydrogen-bond donors (Lipinski definition) is 1. The van der Waals surface area contributed by atoms with Crippen molar-refractivity contribution in [2.24, 2.45) is 0 Å². The van der Waals surface area contributed by atoms with Crippen LogP contribution in [0.4, 0.5) is 0 Å². The summed E-state index contributed by atoms with van der Waals surface area (Å²) in [6, 6.07) is 1.09. The summed E-state index contributed by atoms with van der Waals surface area (Å²) in [5.41, 5.74) is -1.30. The summed E-state index contributed by atoms with van der Waals surface area (Å²) in [4.78, 5) is 38.7.